The molecule has 0 saturated carbocycles. The summed E-state index contributed by atoms with van der Waals surface area (Å²) in [5.74, 6) is 0. The largest absolute Gasteiger partial charge is 0.309 e. The average Bonchev–Trinajstić information content (AvgIpc) is 3.97. The second-order valence-corrected chi connectivity index (χ2v) is 16.7. The van der Waals surface area contributed by atoms with Crippen LogP contribution in [-0.2, 0) is 5.41 Å². The summed E-state index contributed by atoms with van der Waals surface area (Å²) in [6, 6.07) is 89.5. The molecule has 10 aromatic carbocycles. The van der Waals surface area contributed by atoms with E-state index in [2.05, 4.69) is 252 Å². The Morgan fingerprint density at radius 2 is 0.825 bits per heavy atom. The number of rotatable bonds is 6. The molecule has 0 bridgehead atoms. The number of para-hydroxylation sites is 2. The van der Waals surface area contributed by atoms with Gasteiger partial charge < -0.3 is 9.47 Å². The van der Waals surface area contributed by atoms with Crippen molar-refractivity contribution in [1.29, 1.82) is 0 Å². The average molecular weight is 801 g/mol. The Balaban J connectivity index is 1.14. The van der Waals surface area contributed by atoms with E-state index >= 15 is 0 Å². The summed E-state index contributed by atoms with van der Waals surface area (Å²) in [4.78, 5) is 2.54. The minimum Gasteiger partial charge on any atom is -0.309 e. The zero-order valence-electron chi connectivity index (χ0n) is 34.5. The molecule has 13 rings (SSSR count). The normalized spacial score (nSPS) is 12.9. The van der Waals surface area contributed by atoms with Gasteiger partial charge in [-0.25, -0.2) is 0 Å². The van der Waals surface area contributed by atoms with Gasteiger partial charge in [0.1, 0.15) is 0 Å². The van der Waals surface area contributed by atoms with Crippen LogP contribution in [0.3, 0.4) is 0 Å². The van der Waals surface area contributed by atoms with E-state index in [0.717, 1.165) is 28.3 Å². The van der Waals surface area contributed by atoms with E-state index in [1.807, 2.05) is 0 Å². The van der Waals surface area contributed by atoms with Crippen molar-refractivity contribution in [3.8, 4) is 50.2 Å². The molecule has 2 nitrogen and oxygen atoms in total. The van der Waals surface area contributed by atoms with Gasteiger partial charge in [0.15, 0.2) is 0 Å². The third-order valence-electron chi connectivity index (χ3n) is 13.6. The molecule has 0 N–H and O–H groups in total. The van der Waals surface area contributed by atoms with Gasteiger partial charge in [0, 0.05) is 33.3 Å². The summed E-state index contributed by atoms with van der Waals surface area (Å²) in [6.07, 6.45) is 0. The second-order valence-electron chi connectivity index (χ2n) is 16.7. The Kier molecular flexibility index (Phi) is 7.85. The predicted octanol–water partition coefficient (Wildman–Crippen LogP) is 15.9. The molecule has 2 aliphatic carbocycles. The molecule has 0 atom stereocenters. The van der Waals surface area contributed by atoms with Crippen LogP contribution in [0.15, 0.2) is 243 Å². The third kappa shape index (κ3) is 5.07. The molecule has 0 aliphatic heterocycles. The molecule has 0 amide bonds. The quantitative estimate of drug-likeness (QED) is 0.163. The molecule has 0 radical (unpaired) electrons. The molecule has 0 fully saturated rings. The van der Waals surface area contributed by atoms with Crippen LogP contribution in [0.5, 0.6) is 0 Å². The first-order valence-electron chi connectivity index (χ1n) is 21.9. The number of nitrogens with zero attached hydrogens (tertiary/aromatic N) is 2. The van der Waals surface area contributed by atoms with E-state index in [4.69, 9.17) is 0 Å². The van der Waals surface area contributed by atoms with Crippen LogP contribution in [0.2, 0.25) is 0 Å². The molecule has 1 aromatic heterocycles. The summed E-state index contributed by atoms with van der Waals surface area (Å²) < 4.78 is 2.45. The van der Waals surface area contributed by atoms with Crippen LogP contribution in [-0.4, -0.2) is 4.57 Å². The molecule has 11 aromatic rings. The molecular formula is C61H40N2. The summed E-state index contributed by atoms with van der Waals surface area (Å²) in [7, 11) is 0. The van der Waals surface area contributed by atoms with Gasteiger partial charge in [0.05, 0.1) is 27.8 Å². The number of aromatic nitrogens is 1. The van der Waals surface area contributed by atoms with Crippen molar-refractivity contribution in [1.82, 2.24) is 4.57 Å². The Morgan fingerprint density at radius 1 is 0.333 bits per heavy atom. The fourth-order valence-corrected chi connectivity index (χ4v) is 11.2. The van der Waals surface area contributed by atoms with Crippen LogP contribution < -0.4 is 4.90 Å². The minimum atomic E-state index is -0.461. The highest BCUT2D eigenvalue weighted by Gasteiger charge is 2.52. The SMILES string of the molecule is c1ccc(-c2ccccc2N(c2ccc3c4c(-c5ccccc5)cccc4n(-c4ccccc4)c3c2)c2cccc3c2-c2ccccc2C32c3ccccc3-c3ccccc32)cc1. The maximum Gasteiger partial charge on any atom is 0.0726 e. The van der Waals surface area contributed by atoms with Gasteiger partial charge in [-0.2, -0.15) is 0 Å². The first kappa shape index (κ1) is 35.5. The number of hydrogen-bond acceptors (Lipinski definition) is 1. The second kappa shape index (κ2) is 13.9. The maximum atomic E-state index is 2.54. The van der Waals surface area contributed by atoms with Crippen LogP contribution in [0, 0.1) is 0 Å². The van der Waals surface area contributed by atoms with E-state index < -0.39 is 5.41 Å². The van der Waals surface area contributed by atoms with Gasteiger partial charge in [0.25, 0.3) is 0 Å². The standard InChI is InChI=1S/C61H40N2/c1-4-20-41(21-5-1)45-26-13-17-35-55(45)63(44-38-39-50-58(40-44)62(43-24-8-3-9-25-43)56-36-18-30-46(59(50)56)42-22-6-2-7-23-42)57-37-19-34-54-60(57)49-29-12-16-33-53(49)61(54)51-31-14-10-27-47(51)48-28-11-15-32-52(48)61/h1-40H. The third-order valence-corrected chi connectivity index (χ3v) is 13.6. The molecule has 2 heteroatoms. The Morgan fingerprint density at radius 3 is 1.51 bits per heavy atom. The Bertz CT molecular complexity index is 3520. The van der Waals surface area contributed by atoms with Gasteiger partial charge in [0.2, 0.25) is 0 Å². The number of fused-ring (bicyclic) bond motifs is 13. The van der Waals surface area contributed by atoms with E-state index in [0.29, 0.717) is 0 Å². The Labute approximate surface area is 367 Å². The monoisotopic (exact) mass is 800 g/mol. The van der Waals surface area contributed by atoms with Crippen molar-refractivity contribution in [2.45, 2.75) is 5.41 Å². The van der Waals surface area contributed by atoms with Crippen molar-refractivity contribution in [3.05, 3.63) is 265 Å². The first-order valence-corrected chi connectivity index (χ1v) is 21.9. The Hall–Kier alpha value is -8.20. The lowest BCUT2D eigenvalue weighted by Crippen LogP contribution is -2.26. The lowest BCUT2D eigenvalue weighted by atomic mass is 9.70. The number of benzene rings is 10. The predicted molar refractivity (Wildman–Crippen MR) is 263 cm³/mol. The van der Waals surface area contributed by atoms with E-state index in [9.17, 15) is 0 Å². The van der Waals surface area contributed by atoms with Crippen LogP contribution >= 0.6 is 0 Å². The molecule has 0 unspecified atom stereocenters. The molecular weight excluding hydrogens is 761 g/mol. The van der Waals surface area contributed by atoms with Crippen LogP contribution in [0.4, 0.5) is 17.1 Å². The van der Waals surface area contributed by atoms with Crippen molar-refractivity contribution in [2.24, 2.45) is 0 Å². The van der Waals surface area contributed by atoms with Crippen molar-refractivity contribution in [2.75, 3.05) is 4.90 Å². The molecule has 294 valence electrons. The topological polar surface area (TPSA) is 8.17 Å². The summed E-state index contributed by atoms with van der Waals surface area (Å²) in [5.41, 5.74) is 21.6. The van der Waals surface area contributed by atoms with Crippen molar-refractivity contribution in [3.63, 3.8) is 0 Å². The lowest BCUT2D eigenvalue weighted by molar-refractivity contribution is 0.794. The molecule has 2 aliphatic rings. The minimum absolute atomic E-state index is 0.461. The van der Waals surface area contributed by atoms with Gasteiger partial charge >= 0.3 is 0 Å². The fourth-order valence-electron chi connectivity index (χ4n) is 11.2. The highest BCUT2D eigenvalue weighted by atomic mass is 15.2. The molecule has 0 saturated heterocycles. The number of anilines is 3. The van der Waals surface area contributed by atoms with Gasteiger partial charge in [-0.15, -0.1) is 0 Å². The fraction of sp³-hybridized carbons (Fsp3) is 0.0164. The van der Waals surface area contributed by atoms with Crippen LogP contribution in [0.25, 0.3) is 72.0 Å². The van der Waals surface area contributed by atoms with E-state index in [1.165, 1.54) is 83.1 Å². The highest BCUT2D eigenvalue weighted by molar-refractivity contribution is 6.17. The zero-order chi connectivity index (χ0) is 41.5. The van der Waals surface area contributed by atoms with Gasteiger partial charge in [-0.3, -0.25) is 0 Å². The highest BCUT2D eigenvalue weighted by Crippen LogP contribution is 2.65. The van der Waals surface area contributed by atoms with Crippen molar-refractivity contribution >= 4 is 38.9 Å². The smallest absolute Gasteiger partial charge is 0.0726 e. The van der Waals surface area contributed by atoms with E-state index in [1.54, 1.807) is 0 Å². The first-order chi connectivity index (χ1) is 31.3. The zero-order valence-corrected chi connectivity index (χ0v) is 34.5. The summed E-state index contributed by atoms with van der Waals surface area (Å²) in [5, 5.41) is 2.47. The van der Waals surface area contributed by atoms with Crippen LogP contribution in [0.1, 0.15) is 22.3 Å². The maximum absolute atomic E-state index is 2.54. The number of hydrogen-bond donors (Lipinski definition) is 0. The molecule has 1 heterocycles. The summed E-state index contributed by atoms with van der Waals surface area (Å²) in [6.45, 7) is 0. The molecule has 1 spiro atoms. The van der Waals surface area contributed by atoms with E-state index in [-0.39, 0.29) is 0 Å². The van der Waals surface area contributed by atoms with Gasteiger partial charge in [-0.05, 0) is 98.1 Å². The summed E-state index contributed by atoms with van der Waals surface area (Å²) >= 11 is 0. The lowest BCUT2D eigenvalue weighted by Gasteiger charge is -2.32. The van der Waals surface area contributed by atoms with Gasteiger partial charge in [-0.1, -0.05) is 200 Å². The van der Waals surface area contributed by atoms with Crippen molar-refractivity contribution < 1.29 is 0 Å². The molecule has 63 heavy (non-hydrogen) atoms.